The summed E-state index contributed by atoms with van der Waals surface area (Å²) in [6.45, 7) is 0.522. The maximum atomic E-state index is 12.9. The second-order valence-corrected chi connectivity index (χ2v) is 3.92. The maximum Gasteiger partial charge on any atom is 0.194 e. The van der Waals surface area contributed by atoms with Gasteiger partial charge in [-0.15, -0.1) is 0 Å². The summed E-state index contributed by atoms with van der Waals surface area (Å²) in [4.78, 5) is 0. The van der Waals surface area contributed by atoms with Crippen molar-refractivity contribution in [2.24, 2.45) is 0 Å². The molecule has 0 radical (unpaired) electrons. The fourth-order valence-corrected chi connectivity index (χ4v) is 1.65. The van der Waals surface area contributed by atoms with E-state index in [2.05, 4.69) is 5.32 Å². The molecule has 0 unspecified atom stereocenters. The van der Waals surface area contributed by atoms with Crippen LogP contribution in [0.1, 0.15) is 5.56 Å². The summed E-state index contributed by atoms with van der Waals surface area (Å²) in [6.07, 6.45) is 0.724. The lowest BCUT2D eigenvalue weighted by Crippen LogP contribution is -2.06. The van der Waals surface area contributed by atoms with Gasteiger partial charge in [0, 0.05) is 24.4 Å². The van der Waals surface area contributed by atoms with E-state index in [4.69, 9.17) is 0 Å². The van der Waals surface area contributed by atoms with E-state index >= 15 is 0 Å². The number of anilines is 1. The quantitative estimate of drug-likeness (QED) is 0.816. The average Bonchev–Trinajstić information content (AvgIpc) is 2.37. The summed E-state index contributed by atoms with van der Waals surface area (Å²) in [7, 11) is 0. The molecule has 0 aliphatic carbocycles. The van der Waals surface area contributed by atoms with Crippen molar-refractivity contribution < 1.29 is 13.2 Å². The minimum absolute atomic E-state index is 0.238. The summed E-state index contributed by atoms with van der Waals surface area (Å²) in [5.41, 5.74) is 1.36. The number of halogens is 3. The van der Waals surface area contributed by atoms with Crippen LogP contribution in [0.3, 0.4) is 0 Å². The molecular weight excluding hydrogens is 239 g/mol. The monoisotopic (exact) mass is 251 g/mol. The van der Waals surface area contributed by atoms with E-state index in [9.17, 15) is 13.2 Å². The first-order valence-corrected chi connectivity index (χ1v) is 5.59. The molecule has 0 aliphatic heterocycles. The predicted octanol–water partition coefficient (Wildman–Crippen LogP) is 3.76. The standard InChI is InChI=1S/C14H12F3N/c15-12-8-11(9-13(16)14(12)17)18-7-6-10-4-2-1-3-5-10/h1-5,8-9,18H,6-7H2. The molecule has 18 heavy (non-hydrogen) atoms. The Morgan fingerprint density at radius 2 is 1.50 bits per heavy atom. The molecule has 0 bridgehead atoms. The van der Waals surface area contributed by atoms with Gasteiger partial charge in [0.05, 0.1) is 0 Å². The minimum atomic E-state index is -1.44. The van der Waals surface area contributed by atoms with Crippen molar-refractivity contribution in [1.82, 2.24) is 0 Å². The van der Waals surface area contributed by atoms with Gasteiger partial charge < -0.3 is 5.32 Å². The van der Waals surface area contributed by atoms with Gasteiger partial charge in [0.2, 0.25) is 0 Å². The van der Waals surface area contributed by atoms with Gasteiger partial charge in [-0.25, -0.2) is 13.2 Å². The molecule has 0 aliphatic rings. The lowest BCUT2D eigenvalue weighted by molar-refractivity contribution is 0.447. The fraction of sp³-hybridized carbons (Fsp3) is 0.143. The predicted molar refractivity (Wildman–Crippen MR) is 65.0 cm³/mol. The molecule has 1 N–H and O–H groups in total. The van der Waals surface area contributed by atoms with Gasteiger partial charge in [-0.3, -0.25) is 0 Å². The zero-order chi connectivity index (χ0) is 13.0. The molecule has 0 saturated carbocycles. The second kappa shape index (κ2) is 5.58. The van der Waals surface area contributed by atoms with E-state index in [1.165, 1.54) is 0 Å². The molecule has 94 valence electrons. The van der Waals surface area contributed by atoms with Crippen LogP contribution >= 0.6 is 0 Å². The summed E-state index contributed by atoms with van der Waals surface area (Å²) in [5, 5.41) is 2.86. The van der Waals surface area contributed by atoms with Crippen molar-refractivity contribution in [2.75, 3.05) is 11.9 Å². The summed E-state index contributed by atoms with van der Waals surface area (Å²) >= 11 is 0. The maximum absolute atomic E-state index is 12.9. The van der Waals surface area contributed by atoms with Crippen LogP contribution in [-0.4, -0.2) is 6.54 Å². The van der Waals surface area contributed by atoms with Crippen LogP contribution < -0.4 is 5.32 Å². The van der Waals surface area contributed by atoms with Gasteiger partial charge in [-0.05, 0) is 12.0 Å². The van der Waals surface area contributed by atoms with Crippen LogP contribution in [0.15, 0.2) is 42.5 Å². The Balaban J connectivity index is 1.95. The first-order chi connectivity index (χ1) is 8.66. The van der Waals surface area contributed by atoms with Gasteiger partial charge in [0.25, 0.3) is 0 Å². The normalized spacial score (nSPS) is 10.4. The zero-order valence-electron chi connectivity index (χ0n) is 9.59. The third kappa shape index (κ3) is 3.03. The Bertz CT molecular complexity index is 503. The number of benzene rings is 2. The van der Waals surface area contributed by atoms with Crippen LogP contribution in [0.25, 0.3) is 0 Å². The SMILES string of the molecule is Fc1cc(NCCc2ccccc2)cc(F)c1F. The Kier molecular flexibility index (Phi) is 3.87. The van der Waals surface area contributed by atoms with Crippen LogP contribution in [0.2, 0.25) is 0 Å². The van der Waals surface area contributed by atoms with Crippen molar-refractivity contribution in [2.45, 2.75) is 6.42 Å². The van der Waals surface area contributed by atoms with E-state index in [1.54, 1.807) is 0 Å². The molecule has 2 aromatic carbocycles. The molecule has 0 atom stereocenters. The molecule has 2 aromatic rings. The van der Waals surface area contributed by atoms with Gasteiger partial charge in [0.15, 0.2) is 17.5 Å². The lowest BCUT2D eigenvalue weighted by atomic mass is 10.1. The first-order valence-electron chi connectivity index (χ1n) is 5.59. The van der Waals surface area contributed by atoms with Crippen LogP contribution in [0, 0.1) is 17.5 Å². The van der Waals surface area contributed by atoms with Crippen molar-refractivity contribution >= 4 is 5.69 Å². The molecule has 1 nitrogen and oxygen atoms in total. The minimum Gasteiger partial charge on any atom is -0.385 e. The molecule has 2 rings (SSSR count). The summed E-state index contributed by atoms with van der Waals surface area (Å²) in [6, 6.07) is 11.6. The molecule has 0 heterocycles. The van der Waals surface area contributed by atoms with E-state index in [0.717, 1.165) is 24.1 Å². The molecule has 0 amide bonds. The van der Waals surface area contributed by atoms with Crippen molar-refractivity contribution in [3.63, 3.8) is 0 Å². The fourth-order valence-electron chi connectivity index (χ4n) is 1.65. The molecule has 0 saturated heterocycles. The highest BCUT2D eigenvalue weighted by Crippen LogP contribution is 2.17. The van der Waals surface area contributed by atoms with Crippen LogP contribution in [-0.2, 0) is 6.42 Å². The average molecular weight is 251 g/mol. The Hall–Kier alpha value is -1.97. The lowest BCUT2D eigenvalue weighted by Gasteiger charge is -2.07. The first kappa shape index (κ1) is 12.5. The molecule has 0 fully saturated rings. The number of nitrogens with one attached hydrogen (secondary N) is 1. The Labute approximate surface area is 103 Å². The number of hydrogen-bond donors (Lipinski definition) is 1. The van der Waals surface area contributed by atoms with E-state index in [1.807, 2.05) is 30.3 Å². The van der Waals surface area contributed by atoms with E-state index in [-0.39, 0.29) is 5.69 Å². The topological polar surface area (TPSA) is 12.0 Å². The highest BCUT2D eigenvalue weighted by molar-refractivity contribution is 5.44. The largest absolute Gasteiger partial charge is 0.385 e. The van der Waals surface area contributed by atoms with Gasteiger partial charge in [-0.1, -0.05) is 30.3 Å². The molecular formula is C14H12F3N. The molecule has 4 heteroatoms. The van der Waals surface area contributed by atoms with Crippen LogP contribution in [0.4, 0.5) is 18.9 Å². The molecule has 0 aromatic heterocycles. The van der Waals surface area contributed by atoms with E-state index < -0.39 is 17.5 Å². The van der Waals surface area contributed by atoms with Gasteiger partial charge in [0.1, 0.15) is 0 Å². The van der Waals surface area contributed by atoms with Crippen molar-refractivity contribution in [3.05, 3.63) is 65.5 Å². The second-order valence-electron chi connectivity index (χ2n) is 3.92. The highest BCUT2D eigenvalue weighted by Gasteiger charge is 2.09. The van der Waals surface area contributed by atoms with Crippen LogP contribution in [0.5, 0.6) is 0 Å². The van der Waals surface area contributed by atoms with Gasteiger partial charge in [-0.2, -0.15) is 0 Å². The van der Waals surface area contributed by atoms with Crippen molar-refractivity contribution in [1.29, 1.82) is 0 Å². The third-order valence-electron chi connectivity index (χ3n) is 2.57. The molecule has 0 spiro atoms. The summed E-state index contributed by atoms with van der Waals surface area (Å²) < 4.78 is 38.6. The smallest absolute Gasteiger partial charge is 0.194 e. The number of rotatable bonds is 4. The summed E-state index contributed by atoms with van der Waals surface area (Å²) in [5.74, 6) is -3.81. The van der Waals surface area contributed by atoms with E-state index in [0.29, 0.717) is 6.54 Å². The van der Waals surface area contributed by atoms with Gasteiger partial charge >= 0.3 is 0 Å². The highest BCUT2D eigenvalue weighted by atomic mass is 19.2. The Morgan fingerprint density at radius 1 is 0.889 bits per heavy atom. The van der Waals surface area contributed by atoms with Crippen molar-refractivity contribution in [3.8, 4) is 0 Å². The number of hydrogen-bond acceptors (Lipinski definition) is 1. The Morgan fingerprint density at radius 3 is 2.11 bits per heavy atom. The zero-order valence-corrected chi connectivity index (χ0v) is 9.59. The third-order valence-corrected chi connectivity index (χ3v) is 2.57.